The third kappa shape index (κ3) is 5.23. The number of hydrogen-bond acceptors (Lipinski definition) is 3. The van der Waals surface area contributed by atoms with Crippen molar-refractivity contribution in [2.75, 3.05) is 0 Å². The van der Waals surface area contributed by atoms with Crippen LogP contribution in [0.5, 0.6) is 0 Å². The zero-order valence-corrected chi connectivity index (χ0v) is 11.3. The number of aliphatic carboxylic acids is 1. The standard InChI is InChI=1S/C13H13BrO4/c14-10-3-1-9(2-4-10)12(16)7-5-11(15)6-8-13(17)18/h1-4H,5-8H2,(H,17,18). The lowest BCUT2D eigenvalue weighted by atomic mass is 10.0. The number of Topliss-reactive ketones (excluding diaryl/α,β-unsaturated/α-hetero) is 2. The van der Waals surface area contributed by atoms with E-state index in [4.69, 9.17) is 5.11 Å². The van der Waals surface area contributed by atoms with Gasteiger partial charge in [-0.15, -0.1) is 0 Å². The number of ketones is 2. The molecule has 1 N–H and O–H groups in total. The first-order chi connectivity index (χ1) is 8.49. The van der Waals surface area contributed by atoms with E-state index in [0.29, 0.717) is 5.56 Å². The Morgan fingerprint density at radius 3 is 2.06 bits per heavy atom. The number of hydrogen-bond donors (Lipinski definition) is 1. The maximum absolute atomic E-state index is 11.7. The zero-order chi connectivity index (χ0) is 13.5. The van der Waals surface area contributed by atoms with Crippen LogP contribution in [0.2, 0.25) is 0 Å². The van der Waals surface area contributed by atoms with Gasteiger partial charge in [-0.1, -0.05) is 28.1 Å². The SMILES string of the molecule is O=C(O)CCC(=O)CCC(=O)c1ccc(Br)cc1. The summed E-state index contributed by atoms with van der Waals surface area (Å²) >= 11 is 3.27. The number of rotatable bonds is 7. The van der Waals surface area contributed by atoms with Gasteiger partial charge in [0, 0.05) is 29.3 Å². The fourth-order valence-corrected chi connectivity index (χ4v) is 1.67. The molecule has 5 heteroatoms. The lowest BCUT2D eigenvalue weighted by Gasteiger charge is -2.01. The van der Waals surface area contributed by atoms with Crippen LogP contribution in [0.1, 0.15) is 36.0 Å². The molecule has 18 heavy (non-hydrogen) atoms. The summed E-state index contributed by atoms with van der Waals surface area (Å²) in [6.45, 7) is 0. The van der Waals surface area contributed by atoms with E-state index in [1.165, 1.54) is 0 Å². The largest absolute Gasteiger partial charge is 0.481 e. The lowest BCUT2D eigenvalue weighted by Crippen LogP contribution is -2.06. The summed E-state index contributed by atoms with van der Waals surface area (Å²) in [5, 5.41) is 8.42. The summed E-state index contributed by atoms with van der Waals surface area (Å²) in [5.41, 5.74) is 0.559. The van der Waals surface area contributed by atoms with E-state index in [-0.39, 0.29) is 37.2 Å². The third-order valence-corrected chi connectivity index (χ3v) is 2.94. The van der Waals surface area contributed by atoms with Crippen LogP contribution in [0.4, 0.5) is 0 Å². The van der Waals surface area contributed by atoms with Gasteiger partial charge in [0.25, 0.3) is 0 Å². The fourth-order valence-electron chi connectivity index (χ4n) is 1.40. The van der Waals surface area contributed by atoms with Gasteiger partial charge in [0.15, 0.2) is 5.78 Å². The molecule has 0 aliphatic heterocycles. The molecule has 0 aromatic heterocycles. The highest BCUT2D eigenvalue weighted by Crippen LogP contribution is 2.13. The van der Waals surface area contributed by atoms with Gasteiger partial charge in [-0.25, -0.2) is 0 Å². The van der Waals surface area contributed by atoms with Gasteiger partial charge in [-0.3, -0.25) is 14.4 Å². The molecule has 0 unspecified atom stereocenters. The van der Waals surface area contributed by atoms with Crippen molar-refractivity contribution >= 4 is 33.5 Å². The van der Waals surface area contributed by atoms with Gasteiger partial charge in [0.1, 0.15) is 5.78 Å². The van der Waals surface area contributed by atoms with Gasteiger partial charge < -0.3 is 5.11 Å². The van der Waals surface area contributed by atoms with Gasteiger partial charge >= 0.3 is 5.97 Å². The van der Waals surface area contributed by atoms with Crippen molar-refractivity contribution in [3.05, 3.63) is 34.3 Å². The highest BCUT2D eigenvalue weighted by atomic mass is 79.9. The van der Waals surface area contributed by atoms with Crippen LogP contribution in [0.3, 0.4) is 0 Å². The summed E-state index contributed by atoms with van der Waals surface area (Å²) in [5.74, 6) is -1.29. The molecule has 1 aromatic carbocycles. The Morgan fingerprint density at radius 2 is 1.50 bits per heavy atom. The second kappa shape index (κ2) is 7.06. The van der Waals surface area contributed by atoms with Gasteiger partial charge in [-0.05, 0) is 12.1 Å². The minimum absolute atomic E-state index is 0.0110. The van der Waals surface area contributed by atoms with Crippen molar-refractivity contribution in [1.82, 2.24) is 0 Å². The topological polar surface area (TPSA) is 71.4 Å². The number of benzene rings is 1. The van der Waals surface area contributed by atoms with E-state index in [2.05, 4.69) is 15.9 Å². The van der Waals surface area contributed by atoms with Crippen molar-refractivity contribution in [2.45, 2.75) is 25.7 Å². The quantitative estimate of drug-likeness (QED) is 0.786. The van der Waals surface area contributed by atoms with Crippen LogP contribution < -0.4 is 0 Å². The molecule has 0 bridgehead atoms. The monoisotopic (exact) mass is 312 g/mol. The normalized spacial score (nSPS) is 10.1. The molecule has 0 spiro atoms. The Labute approximate surface area is 113 Å². The van der Waals surface area contributed by atoms with Crippen LogP contribution >= 0.6 is 15.9 Å². The van der Waals surface area contributed by atoms with E-state index in [0.717, 1.165) is 4.47 Å². The first kappa shape index (κ1) is 14.6. The predicted molar refractivity (Wildman–Crippen MR) is 69.6 cm³/mol. The molecule has 0 heterocycles. The molecule has 1 rings (SSSR count). The molecule has 0 saturated carbocycles. The van der Waals surface area contributed by atoms with Crippen LogP contribution in [0.15, 0.2) is 28.7 Å². The van der Waals surface area contributed by atoms with Crippen LogP contribution in [0.25, 0.3) is 0 Å². The molecule has 1 aromatic rings. The van der Waals surface area contributed by atoms with Gasteiger partial charge in [0.05, 0.1) is 6.42 Å². The average Bonchev–Trinajstić information content (AvgIpc) is 2.34. The second-order valence-electron chi connectivity index (χ2n) is 3.86. The number of carboxylic acids is 1. The molecular formula is C13H13BrO4. The summed E-state index contributed by atoms with van der Waals surface area (Å²) < 4.78 is 0.886. The lowest BCUT2D eigenvalue weighted by molar-refractivity contribution is -0.138. The van der Waals surface area contributed by atoms with E-state index >= 15 is 0 Å². The van der Waals surface area contributed by atoms with E-state index < -0.39 is 5.97 Å². The first-order valence-corrected chi connectivity index (χ1v) is 6.30. The van der Waals surface area contributed by atoms with E-state index in [9.17, 15) is 14.4 Å². The Kier molecular flexibility index (Phi) is 5.71. The molecule has 0 radical (unpaired) electrons. The van der Waals surface area contributed by atoms with Crippen LogP contribution in [-0.2, 0) is 9.59 Å². The minimum Gasteiger partial charge on any atom is -0.481 e. The van der Waals surface area contributed by atoms with Gasteiger partial charge in [-0.2, -0.15) is 0 Å². The number of carbonyl (C=O) groups is 3. The van der Waals surface area contributed by atoms with Gasteiger partial charge in [0.2, 0.25) is 0 Å². The van der Waals surface area contributed by atoms with Crippen LogP contribution in [0, 0.1) is 0 Å². The van der Waals surface area contributed by atoms with Crippen LogP contribution in [-0.4, -0.2) is 22.6 Å². The van der Waals surface area contributed by atoms with E-state index in [1.807, 2.05) is 0 Å². The fraction of sp³-hybridized carbons (Fsp3) is 0.308. The summed E-state index contributed by atoms with van der Waals surface area (Å²) in [6, 6.07) is 6.90. The zero-order valence-electron chi connectivity index (χ0n) is 9.69. The van der Waals surface area contributed by atoms with Crippen molar-refractivity contribution in [2.24, 2.45) is 0 Å². The number of halogens is 1. The van der Waals surface area contributed by atoms with E-state index in [1.54, 1.807) is 24.3 Å². The molecule has 0 amide bonds. The molecule has 0 fully saturated rings. The maximum atomic E-state index is 11.7. The Hall–Kier alpha value is -1.49. The molecule has 0 aliphatic rings. The molecule has 96 valence electrons. The minimum atomic E-state index is -0.998. The number of carboxylic acid groups (broad SMARTS) is 1. The highest BCUT2D eigenvalue weighted by Gasteiger charge is 2.10. The Balaban J connectivity index is 2.39. The molecule has 0 atom stereocenters. The maximum Gasteiger partial charge on any atom is 0.303 e. The molecular weight excluding hydrogens is 300 g/mol. The Morgan fingerprint density at radius 1 is 0.944 bits per heavy atom. The van der Waals surface area contributed by atoms with Crippen molar-refractivity contribution in [3.8, 4) is 0 Å². The molecule has 0 saturated heterocycles. The average molecular weight is 313 g/mol. The molecule has 4 nitrogen and oxygen atoms in total. The van der Waals surface area contributed by atoms with Crippen molar-refractivity contribution < 1.29 is 19.5 Å². The highest BCUT2D eigenvalue weighted by molar-refractivity contribution is 9.10. The smallest absolute Gasteiger partial charge is 0.303 e. The Bertz CT molecular complexity index is 451. The van der Waals surface area contributed by atoms with Crippen molar-refractivity contribution in [1.29, 1.82) is 0 Å². The molecule has 0 aliphatic carbocycles. The predicted octanol–water partition coefficient (Wildman–Crippen LogP) is 2.85. The summed E-state index contributed by atoms with van der Waals surface area (Å²) in [6.07, 6.45) is 0.0382. The number of carbonyl (C=O) groups excluding carboxylic acids is 2. The van der Waals surface area contributed by atoms with Crippen molar-refractivity contribution in [3.63, 3.8) is 0 Å². The first-order valence-electron chi connectivity index (χ1n) is 5.51. The third-order valence-electron chi connectivity index (χ3n) is 2.41. The second-order valence-corrected chi connectivity index (χ2v) is 4.78. The summed E-state index contributed by atoms with van der Waals surface area (Å²) in [7, 11) is 0. The summed E-state index contributed by atoms with van der Waals surface area (Å²) in [4.78, 5) is 33.3.